The number of hydrogen-bond donors (Lipinski definition) is 2. The van der Waals surface area contributed by atoms with Crippen molar-refractivity contribution in [2.75, 3.05) is 20.3 Å². The fourth-order valence-electron chi connectivity index (χ4n) is 1.61. The van der Waals surface area contributed by atoms with Crippen LogP contribution in [-0.2, 0) is 6.54 Å². The molecule has 0 aliphatic heterocycles. The number of aliphatic hydroxyl groups excluding tert-OH is 1. The Kier molecular flexibility index (Phi) is 5.95. The number of rotatable bonds is 6. The second-order valence-electron chi connectivity index (χ2n) is 4.34. The quantitative estimate of drug-likeness (QED) is 0.848. The number of nitrogens with one attached hydrogen (secondary N) is 1. The molecule has 3 nitrogen and oxygen atoms in total. The van der Waals surface area contributed by atoms with Gasteiger partial charge in [0.25, 0.3) is 0 Å². The van der Waals surface area contributed by atoms with Crippen LogP contribution < -0.4 is 10.1 Å². The third-order valence-corrected chi connectivity index (χ3v) is 2.97. The fraction of sp³-hybridized carbons (Fsp3) is 0.538. The zero-order valence-corrected chi connectivity index (χ0v) is 12.2. The second kappa shape index (κ2) is 6.99. The highest BCUT2D eigenvalue weighted by Crippen LogP contribution is 2.28. The van der Waals surface area contributed by atoms with Gasteiger partial charge in [-0.05, 0) is 31.7 Å². The van der Waals surface area contributed by atoms with E-state index < -0.39 is 0 Å². The van der Waals surface area contributed by atoms with Crippen LogP contribution >= 0.6 is 15.9 Å². The highest BCUT2D eigenvalue weighted by Gasteiger charge is 2.10. The van der Waals surface area contributed by atoms with E-state index >= 15 is 0 Å². The third-order valence-electron chi connectivity index (χ3n) is 2.51. The molecule has 1 atom stereocenters. The van der Waals surface area contributed by atoms with Gasteiger partial charge < -0.3 is 15.2 Å². The van der Waals surface area contributed by atoms with Gasteiger partial charge in [-0.3, -0.25) is 0 Å². The second-order valence-corrected chi connectivity index (χ2v) is 5.26. The van der Waals surface area contributed by atoms with Crippen molar-refractivity contribution in [2.45, 2.75) is 20.4 Å². The van der Waals surface area contributed by atoms with E-state index in [-0.39, 0.29) is 12.5 Å². The Labute approximate surface area is 111 Å². The molecule has 0 aromatic heterocycles. The predicted molar refractivity (Wildman–Crippen MR) is 73.4 cm³/mol. The molecule has 0 amide bonds. The van der Waals surface area contributed by atoms with Gasteiger partial charge in [0.1, 0.15) is 5.75 Å². The number of hydrogen-bond acceptors (Lipinski definition) is 3. The van der Waals surface area contributed by atoms with Crippen molar-refractivity contribution in [3.8, 4) is 5.75 Å². The summed E-state index contributed by atoms with van der Waals surface area (Å²) in [6.07, 6.45) is 0. The minimum absolute atomic E-state index is 0.150. The molecule has 0 spiro atoms. The maximum atomic E-state index is 9.00. The van der Waals surface area contributed by atoms with Crippen molar-refractivity contribution >= 4 is 15.9 Å². The summed E-state index contributed by atoms with van der Waals surface area (Å²) in [5.41, 5.74) is 2.24. The molecule has 0 aliphatic rings. The smallest absolute Gasteiger partial charge is 0.126 e. The predicted octanol–water partition coefficient (Wildman–Crippen LogP) is 2.48. The molecular formula is C13H20BrNO2. The highest BCUT2D eigenvalue weighted by molar-refractivity contribution is 9.10. The normalized spacial score (nSPS) is 12.5. The maximum Gasteiger partial charge on any atom is 0.126 e. The number of halogens is 1. The SMILES string of the molecule is CNCc1cc(Br)cc(C)c1OCC(C)CO. The third kappa shape index (κ3) is 4.30. The van der Waals surface area contributed by atoms with Gasteiger partial charge in [0.15, 0.2) is 0 Å². The van der Waals surface area contributed by atoms with E-state index in [0.29, 0.717) is 6.61 Å². The van der Waals surface area contributed by atoms with Gasteiger partial charge in [0, 0.05) is 29.1 Å². The molecule has 0 bridgehead atoms. The van der Waals surface area contributed by atoms with Gasteiger partial charge in [-0.25, -0.2) is 0 Å². The van der Waals surface area contributed by atoms with Gasteiger partial charge in [0.05, 0.1) is 6.61 Å². The lowest BCUT2D eigenvalue weighted by Gasteiger charge is -2.17. The molecule has 0 radical (unpaired) electrons. The summed E-state index contributed by atoms with van der Waals surface area (Å²) in [7, 11) is 1.91. The summed E-state index contributed by atoms with van der Waals surface area (Å²) in [5.74, 6) is 1.07. The first-order valence-corrected chi connectivity index (χ1v) is 6.55. The number of benzene rings is 1. The van der Waals surface area contributed by atoms with Gasteiger partial charge in [0.2, 0.25) is 0 Å². The average molecular weight is 302 g/mol. The number of aryl methyl sites for hydroxylation is 1. The molecular weight excluding hydrogens is 282 g/mol. The van der Waals surface area contributed by atoms with Crippen LogP contribution in [0.2, 0.25) is 0 Å². The van der Waals surface area contributed by atoms with Crippen molar-refractivity contribution in [1.82, 2.24) is 5.32 Å². The number of aliphatic hydroxyl groups is 1. The average Bonchev–Trinajstić information content (AvgIpc) is 2.27. The van der Waals surface area contributed by atoms with E-state index in [2.05, 4.69) is 27.3 Å². The Bertz CT molecular complexity index is 369. The van der Waals surface area contributed by atoms with E-state index in [1.54, 1.807) is 0 Å². The van der Waals surface area contributed by atoms with E-state index in [1.165, 1.54) is 0 Å². The molecule has 1 rings (SSSR count). The standard InChI is InChI=1S/C13H20BrNO2/c1-9(7-16)8-17-13-10(2)4-12(14)5-11(13)6-15-3/h4-5,9,15-16H,6-8H2,1-3H3. The first-order valence-electron chi connectivity index (χ1n) is 5.75. The lowest BCUT2D eigenvalue weighted by Crippen LogP contribution is -2.15. The molecule has 0 saturated carbocycles. The van der Waals surface area contributed by atoms with E-state index in [1.807, 2.05) is 27.0 Å². The van der Waals surface area contributed by atoms with E-state index in [9.17, 15) is 0 Å². The molecule has 2 N–H and O–H groups in total. The molecule has 17 heavy (non-hydrogen) atoms. The molecule has 4 heteroatoms. The monoisotopic (exact) mass is 301 g/mol. The summed E-state index contributed by atoms with van der Waals surface area (Å²) in [4.78, 5) is 0. The topological polar surface area (TPSA) is 41.5 Å². The lowest BCUT2D eigenvalue weighted by molar-refractivity contribution is 0.173. The Morgan fingerprint density at radius 2 is 2.18 bits per heavy atom. The molecule has 0 fully saturated rings. The van der Waals surface area contributed by atoms with Gasteiger partial charge in [-0.15, -0.1) is 0 Å². The molecule has 1 aromatic carbocycles. The van der Waals surface area contributed by atoms with Crippen LogP contribution in [0.1, 0.15) is 18.1 Å². The zero-order chi connectivity index (χ0) is 12.8. The summed E-state index contributed by atoms with van der Waals surface area (Å²) < 4.78 is 6.87. The summed E-state index contributed by atoms with van der Waals surface area (Å²) in [6, 6.07) is 4.10. The van der Waals surface area contributed by atoms with Crippen molar-refractivity contribution < 1.29 is 9.84 Å². The van der Waals surface area contributed by atoms with Crippen LogP contribution in [0.15, 0.2) is 16.6 Å². The van der Waals surface area contributed by atoms with Crippen LogP contribution in [0.3, 0.4) is 0 Å². The van der Waals surface area contributed by atoms with E-state index in [4.69, 9.17) is 9.84 Å². The minimum Gasteiger partial charge on any atom is -0.493 e. The summed E-state index contributed by atoms with van der Waals surface area (Å²) in [6.45, 7) is 5.45. The van der Waals surface area contributed by atoms with Crippen molar-refractivity contribution in [2.24, 2.45) is 5.92 Å². The van der Waals surface area contributed by atoms with Crippen molar-refractivity contribution in [3.63, 3.8) is 0 Å². The van der Waals surface area contributed by atoms with Crippen LogP contribution in [-0.4, -0.2) is 25.4 Å². The van der Waals surface area contributed by atoms with Crippen LogP contribution in [0.25, 0.3) is 0 Å². The molecule has 0 aliphatic carbocycles. The molecule has 0 saturated heterocycles. The zero-order valence-electron chi connectivity index (χ0n) is 10.6. The van der Waals surface area contributed by atoms with Crippen LogP contribution in [0.4, 0.5) is 0 Å². The van der Waals surface area contributed by atoms with Gasteiger partial charge in [-0.2, -0.15) is 0 Å². The van der Waals surface area contributed by atoms with Crippen LogP contribution in [0.5, 0.6) is 5.75 Å². The van der Waals surface area contributed by atoms with E-state index in [0.717, 1.165) is 27.9 Å². The first-order chi connectivity index (χ1) is 8.08. The summed E-state index contributed by atoms with van der Waals surface area (Å²) >= 11 is 3.49. The fourth-order valence-corrected chi connectivity index (χ4v) is 2.23. The molecule has 96 valence electrons. The minimum atomic E-state index is 0.150. The van der Waals surface area contributed by atoms with Gasteiger partial charge in [-0.1, -0.05) is 22.9 Å². The summed E-state index contributed by atoms with van der Waals surface area (Å²) in [5, 5.41) is 12.1. The lowest BCUT2D eigenvalue weighted by atomic mass is 10.1. The Morgan fingerprint density at radius 1 is 1.47 bits per heavy atom. The van der Waals surface area contributed by atoms with Crippen molar-refractivity contribution in [3.05, 3.63) is 27.7 Å². The Morgan fingerprint density at radius 3 is 2.76 bits per heavy atom. The highest BCUT2D eigenvalue weighted by atomic mass is 79.9. The van der Waals surface area contributed by atoms with Crippen molar-refractivity contribution in [1.29, 1.82) is 0 Å². The Balaban J connectivity index is 2.87. The van der Waals surface area contributed by atoms with Crippen LogP contribution in [0, 0.1) is 12.8 Å². The molecule has 1 aromatic rings. The maximum absolute atomic E-state index is 9.00. The molecule has 1 unspecified atom stereocenters. The molecule has 0 heterocycles. The number of ether oxygens (including phenoxy) is 1. The Hall–Kier alpha value is -0.580. The van der Waals surface area contributed by atoms with Gasteiger partial charge >= 0.3 is 0 Å². The largest absolute Gasteiger partial charge is 0.493 e. The first kappa shape index (κ1) is 14.5.